The molecule has 148 valence electrons. The van der Waals surface area contributed by atoms with E-state index in [0.29, 0.717) is 38.4 Å². The maximum atomic E-state index is 12.1. The third-order valence-electron chi connectivity index (χ3n) is 3.77. The molecule has 0 unspecified atom stereocenters. The van der Waals surface area contributed by atoms with Crippen molar-refractivity contribution in [2.45, 2.75) is 32.6 Å². The quantitative estimate of drug-likeness (QED) is 0.222. The van der Waals surface area contributed by atoms with Gasteiger partial charge in [0.1, 0.15) is 11.5 Å². The number of benzene rings is 2. The Bertz CT molecular complexity index is 826. The minimum absolute atomic E-state index is 0.251. The van der Waals surface area contributed by atoms with Crippen LogP contribution < -0.4 is 14.2 Å². The van der Waals surface area contributed by atoms with Crippen LogP contribution in [0.5, 0.6) is 17.2 Å². The first kappa shape index (κ1) is 22.3. The summed E-state index contributed by atoms with van der Waals surface area (Å²) in [6.45, 7) is 2.58. The van der Waals surface area contributed by atoms with Gasteiger partial charge < -0.3 is 14.2 Å². The van der Waals surface area contributed by atoms with Gasteiger partial charge in [0, 0.05) is 6.07 Å². The number of nitrogens with zero attached hydrogens (tertiary/aromatic N) is 1. The summed E-state index contributed by atoms with van der Waals surface area (Å²) < 4.78 is 17.6. The Balaban J connectivity index is 1.86. The highest BCUT2D eigenvalue weighted by Gasteiger charge is 2.14. The van der Waals surface area contributed by atoms with Gasteiger partial charge in [-0.15, -0.1) is 0 Å². The molecule has 28 heavy (non-hydrogen) atoms. The van der Waals surface area contributed by atoms with Crippen LogP contribution in [-0.4, -0.2) is 19.2 Å². The van der Waals surface area contributed by atoms with E-state index < -0.39 is 5.97 Å². The molecule has 0 radical (unpaired) electrons. The molecule has 0 bridgehead atoms. The monoisotopic (exact) mass is 509 g/mol. The van der Waals surface area contributed by atoms with Gasteiger partial charge in [-0.25, -0.2) is 4.79 Å². The summed E-state index contributed by atoms with van der Waals surface area (Å²) in [5.41, 5.74) is 0.446. The van der Waals surface area contributed by atoms with E-state index in [1.807, 2.05) is 18.2 Å². The summed E-state index contributed by atoms with van der Waals surface area (Å²) in [5, 5.41) is 8.95. The first-order valence-corrected chi connectivity index (χ1v) is 10.6. The van der Waals surface area contributed by atoms with Crippen molar-refractivity contribution >= 4 is 37.8 Å². The Morgan fingerprint density at radius 2 is 1.71 bits per heavy atom. The number of rotatable bonds is 10. The minimum atomic E-state index is -0.558. The fourth-order valence-corrected chi connectivity index (χ4v) is 3.73. The highest BCUT2D eigenvalue weighted by molar-refractivity contribution is 9.11. The topological polar surface area (TPSA) is 68.6 Å². The molecular weight excluding hydrogens is 490 g/mol. The smallest absolute Gasteiger partial charge is 0.349 e. The van der Waals surface area contributed by atoms with E-state index in [-0.39, 0.29) is 6.61 Å². The highest BCUT2D eigenvalue weighted by Crippen LogP contribution is 2.34. The number of carbonyl (C=O) groups is 1. The normalized spacial score (nSPS) is 10.2. The van der Waals surface area contributed by atoms with Crippen molar-refractivity contribution in [2.75, 3.05) is 13.2 Å². The number of carbonyl (C=O) groups excluding carboxylic acids is 1. The lowest BCUT2D eigenvalue weighted by molar-refractivity contribution is -0.136. The lowest BCUT2D eigenvalue weighted by Crippen LogP contribution is -2.18. The molecule has 0 aliphatic carbocycles. The van der Waals surface area contributed by atoms with Crippen LogP contribution in [0.15, 0.2) is 45.3 Å². The fourth-order valence-electron chi connectivity index (χ4n) is 2.38. The summed E-state index contributed by atoms with van der Waals surface area (Å²) >= 11 is 6.59. The van der Waals surface area contributed by atoms with Crippen molar-refractivity contribution < 1.29 is 19.0 Å². The molecule has 0 aliphatic heterocycles. The van der Waals surface area contributed by atoms with Gasteiger partial charge in [-0.05, 0) is 62.5 Å². The SMILES string of the molecule is CCCCCCOc1cccc(OCC(=O)Oc2c(Br)cc(C#N)cc2Br)c1. The van der Waals surface area contributed by atoms with E-state index >= 15 is 0 Å². The largest absolute Gasteiger partial charge is 0.493 e. The number of ether oxygens (including phenoxy) is 3. The Kier molecular flexibility index (Phi) is 9.32. The second-order valence-electron chi connectivity index (χ2n) is 6.03. The van der Waals surface area contributed by atoms with Gasteiger partial charge >= 0.3 is 5.97 Å². The van der Waals surface area contributed by atoms with Gasteiger partial charge in [0.05, 0.1) is 27.2 Å². The van der Waals surface area contributed by atoms with Gasteiger partial charge in [-0.3, -0.25) is 0 Å². The van der Waals surface area contributed by atoms with Crippen LogP contribution in [0, 0.1) is 11.3 Å². The van der Waals surface area contributed by atoms with E-state index in [2.05, 4.69) is 38.8 Å². The molecule has 0 heterocycles. The molecule has 0 aromatic heterocycles. The molecule has 0 amide bonds. The van der Waals surface area contributed by atoms with Gasteiger partial charge in [0.2, 0.25) is 0 Å². The maximum Gasteiger partial charge on any atom is 0.349 e. The molecule has 0 N–H and O–H groups in total. The summed E-state index contributed by atoms with van der Waals surface area (Å²) in [4.78, 5) is 12.1. The lowest BCUT2D eigenvalue weighted by atomic mass is 10.2. The summed E-state index contributed by atoms with van der Waals surface area (Å²) in [5.74, 6) is 0.981. The van der Waals surface area contributed by atoms with Crippen LogP contribution in [0.3, 0.4) is 0 Å². The van der Waals surface area contributed by atoms with Crippen LogP contribution in [0.1, 0.15) is 38.2 Å². The lowest BCUT2D eigenvalue weighted by Gasteiger charge is -2.11. The molecule has 0 atom stereocenters. The average Bonchev–Trinajstić information content (AvgIpc) is 2.69. The molecule has 7 heteroatoms. The van der Waals surface area contributed by atoms with Crippen LogP contribution >= 0.6 is 31.9 Å². The van der Waals surface area contributed by atoms with Crippen molar-refractivity contribution in [1.82, 2.24) is 0 Å². The third-order valence-corrected chi connectivity index (χ3v) is 4.95. The van der Waals surface area contributed by atoms with Crippen LogP contribution in [0.25, 0.3) is 0 Å². The average molecular weight is 511 g/mol. The molecule has 0 spiro atoms. The number of halogens is 2. The molecule has 2 rings (SSSR count). The maximum absolute atomic E-state index is 12.1. The van der Waals surface area contributed by atoms with Crippen molar-refractivity contribution in [2.24, 2.45) is 0 Å². The molecule has 0 fully saturated rings. The Hall–Kier alpha value is -2.04. The molecular formula is C21H21Br2NO4. The van der Waals surface area contributed by atoms with Gasteiger partial charge in [-0.2, -0.15) is 5.26 Å². The van der Waals surface area contributed by atoms with Crippen molar-refractivity contribution in [3.63, 3.8) is 0 Å². The third kappa shape index (κ3) is 7.17. The minimum Gasteiger partial charge on any atom is -0.493 e. The zero-order valence-electron chi connectivity index (χ0n) is 15.5. The predicted molar refractivity (Wildman–Crippen MR) is 114 cm³/mol. The predicted octanol–water partition coefficient (Wildman–Crippen LogP) is 6.03. The number of hydrogen-bond acceptors (Lipinski definition) is 5. The second kappa shape index (κ2) is 11.7. The molecule has 0 saturated heterocycles. The number of esters is 1. The Morgan fingerprint density at radius 3 is 2.36 bits per heavy atom. The fraction of sp³-hybridized carbons (Fsp3) is 0.333. The second-order valence-corrected chi connectivity index (χ2v) is 7.74. The zero-order chi connectivity index (χ0) is 20.4. The van der Waals surface area contributed by atoms with Crippen LogP contribution in [-0.2, 0) is 4.79 Å². The van der Waals surface area contributed by atoms with Crippen molar-refractivity contribution in [1.29, 1.82) is 5.26 Å². The summed E-state index contributed by atoms with van der Waals surface area (Å²) in [6.07, 6.45) is 4.56. The molecule has 2 aromatic rings. The summed E-state index contributed by atoms with van der Waals surface area (Å²) in [7, 11) is 0. The Morgan fingerprint density at radius 1 is 1.04 bits per heavy atom. The number of nitriles is 1. The van der Waals surface area contributed by atoms with Crippen LogP contribution in [0.2, 0.25) is 0 Å². The van der Waals surface area contributed by atoms with Gasteiger partial charge in [0.15, 0.2) is 12.4 Å². The molecule has 2 aromatic carbocycles. The first-order chi connectivity index (χ1) is 13.5. The molecule has 0 saturated carbocycles. The molecule has 0 aliphatic rings. The van der Waals surface area contributed by atoms with E-state index in [1.165, 1.54) is 12.8 Å². The number of unbranched alkanes of at least 4 members (excludes halogenated alkanes) is 3. The number of hydrogen-bond donors (Lipinski definition) is 0. The standard InChI is InChI=1S/C21H21Br2NO4/c1-2-3-4-5-9-26-16-7-6-8-17(12-16)27-14-20(25)28-21-18(22)10-15(13-24)11-19(21)23/h6-8,10-12H,2-5,9,14H2,1H3. The van der Waals surface area contributed by atoms with Gasteiger partial charge in [-0.1, -0.05) is 32.3 Å². The van der Waals surface area contributed by atoms with E-state index in [9.17, 15) is 4.79 Å². The van der Waals surface area contributed by atoms with Crippen molar-refractivity contribution in [3.05, 3.63) is 50.9 Å². The van der Waals surface area contributed by atoms with E-state index in [1.54, 1.807) is 24.3 Å². The van der Waals surface area contributed by atoms with E-state index in [0.717, 1.165) is 12.8 Å². The highest BCUT2D eigenvalue weighted by atomic mass is 79.9. The van der Waals surface area contributed by atoms with Gasteiger partial charge in [0.25, 0.3) is 0 Å². The summed E-state index contributed by atoms with van der Waals surface area (Å²) in [6, 6.07) is 12.4. The zero-order valence-corrected chi connectivity index (χ0v) is 18.7. The van der Waals surface area contributed by atoms with Crippen molar-refractivity contribution in [3.8, 4) is 23.3 Å². The van der Waals surface area contributed by atoms with E-state index in [4.69, 9.17) is 19.5 Å². The first-order valence-electron chi connectivity index (χ1n) is 8.99. The van der Waals surface area contributed by atoms with Crippen LogP contribution in [0.4, 0.5) is 0 Å². The Labute approximate surface area is 181 Å². The molecule has 5 nitrogen and oxygen atoms in total.